The maximum absolute atomic E-state index is 13.2. The molecule has 1 fully saturated rings. The molecule has 2 aromatic heterocycles. The molecule has 0 radical (unpaired) electrons. The quantitative estimate of drug-likeness (QED) is 0.511. The lowest BCUT2D eigenvalue weighted by Crippen LogP contribution is -2.29. The van der Waals surface area contributed by atoms with E-state index in [1.165, 1.54) is 25.0 Å². The average molecular weight is 474 g/mol. The van der Waals surface area contributed by atoms with Crippen molar-refractivity contribution in [2.75, 3.05) is 32.4 Å². The lowest BCUT2D eigenvalue weighted by Gasteiger charge is -2.21. The van der Waals surface area contributed by atoms with Crippen molar-refractivity contribution in [3.8, 4) is 11.9 Å². The fourth-order valence-corrected chi connectivity index (χ4v) is 3.82. The molecule has 0 saturated heterocycles. The monoisotopic (exact) mass is 473 g/mol. The summed E-state index contributed by atoms with van der Waals surface area (Å²) < 4.78 is 39.3. The van der Waals surface area contributed by atoms with Crippen LogP contribution in [0, 0.1) is 12.8 Å². The van der Waals surface area contributed by atoms with Gasteiger partial charge in [0.1, 0.15) is 10.8 Å². The third-order valence-electron chi connectivity index (χ3n) is 4.79. The maximum atomic E-state index is 13.2. The molecule has 0 amide bonds. The summed E-state index contributed by atoms with van der Waals surface area (Å²) in [4.78, 5) is 25.6. The first-order chi connectivity index (χ1) is 14.6. The summed E-state index contributed by atoms with van der Waals surface area (Å²) >= 11 is 6.20. The number of methoxy groups -OCH3 is 2. The van der Waals surface area contributed by atoms with Gasteiger partial charge in [-0.3, -0.25) is 8.98 Å². The predicted octanol–water partition coefficient (Wildman–Crippen LogP) is 2.07. The molecule has 170 valence electrons. The van der Waals surface area contributed by atoms with Gasteiger partial charge in [0.2, 0.25) is 5.88 Å². The molecule has 0 spiro atoms. The summed E-state index contributed by atoms with van der Waals surface area (Å²) in [5.74, 6) is 0.377. The van der Waals surface area contributed by atoms with Crippen molar-refractivity contribution in [3.05, 3.63) is 27.4 Å². The number of hydrogen-bond donors (Lipinski definition) is 1. The van der Waals surface area contributed by atoms with E-state index in [1.807, 2.05) is 0 Å². The molecule has 1 aliphatic carbocycles. The summed E-state index contributed by atoms with van der Waals surface area (Å²) in [5, 5.41) is 3.03. The first-order valence-electron chi connectivity index (χ1n) is 9.49. The first-order valence-corrected chi connectivity index (χ1v) is 11.7. The number of anilines is 2. The van der Waals surface area contributed by atoms with Gasteiger partial charge in [-0.1, -0.05) is 11.6 Å². The summed E-state index contributed by atoms with van der Waals surface area (Å²) in [6.45, 7) is 1.67. The van der Waals surface area contributed by atoms with Gasteiger partial charge in [0, 0.05) is 12.2 Å². The summed E-state index contributed by atoms with van der Waals surface area (Å²) in [5.41, 5.74) is 0.416. The van der Waals surface area contributed by atoms with Crippen LogP contribution in [-0.2, 0) is 14.3 Å². The number of nitrogens with one attached hydrogen (secondary N) is 1. The number of ether oxygens (including phenoxy) is 2. The van der Waals surface area contributed by atoms with Gasteiger partial charge >= 0.3 is 6.01 Å². The zero-order valence-corrected chi connectivity index (χ0v) is 19.2. The van der Waals surface area contributed by atoms with Crippen molar-refractivity contribution >= 4 is 33.2 Å². The molecule has 0 bridgehead atoms. The van der Waals surface area contributed by atoms with E-state index in [4.69, 9.17) is 25.3 Å². The fourth-order valence-electron chi connectivity index (χ4n) is 3.23. The van der Waals surface area contributed by atoms with Crippen LogP contribution >= 0.6 is 11.6 Å². The van der Waals surface area contributed by atoms with Crippen LogP contribution in [-0.4, -0.2) is 55.0 Å². The van der Waals surface area contributed by atoms with Crippen molar-refractivity contribution in [2.24, 2.45) is 5.92 Å². The second-order valence-electron chi connectivity index (χ2n) is 7.15. The number of rotatable bonds is 10. The maximum Gasteiger partial charge on any atom is 0.319 e. The normalized spacial score (nSPS) is 14.9. The van der Waals surface area contributed by atoms with Gasteiger partial charge in [-0.2, -0.15) is 18.4 Å². The number of aromatic nitrogens is 4. The molecular formula is C18H24ClN5O6S. The molecule has 2 heterocycles. The highest BCUT2D eigenvalue weighted by atomic mass is 35.5. The van der Waals surface area contributed by atoms with E-state index >= 15 is 0 Å². The van der Waals surface area contributed by atoms with Gasteiger partial charge in [0.25, 0.3) is 15.7 Å². The van der Waals surface area contributed by atoms with E-state index in [2.05, 4.69) is 20.3 Å². The Morgan fingerprint density at radius 2 is 1.97 bits per heavy atom. The zero-order chi connectivity index (χ0) is 22.8. The van der Waals surface area contributed by atoms with E-state index in [1.54, 1.807) is 6.92 Å². The Labute approximate surface area is 184 Å². The largest absolute Gasteiger partial charge is 0.479 e. The Morgan fingerprint density at radius 1 is 1.26 bits per heavy atom. The van der Waals surface area contributed by atoms with Crippen LogP contribution in [0.25, 0.3) is 0 Å². The van der Waals surface area contributed by atoms with E-state index in [0.29, 0.717) is 17.8 Å². The fraction of sp³-hybridized carbons (Fsp3) is 0.556. The van der Waals surface area contributed by atoms with Crippen LogP contribution in [0.5, 0.6) is 11.9 Å². The van der Waals surface area contributed by atoms with E-state index in [9.17, 15) is 13.2 Å². The van der Waals surface area contributed by atoms with Crippen molar-refractivity contribution < 1.29 is 22.1 Å². The van der Waals surface area contributed by atoms with Gasteiger partial charge in [-0.05, 0) is 32.1 Å². The van der Waals surface area contributed by atoms with E-state index in [-0.39, 0.29) is 41.4 Å². The number of hydrogen-bond acceptors (Lipinski definition) is 10. The van der Waals surface area contributed by atoms with Gasteiger partial charge in [-0.25, -0.2) is 4.98 Å². The van der Waals surface area contributed by atoms with Crippen LogP contribution in [0.2, 0.25) is 5.15 Å². The Balaban J connectivity index is 1.95. The molecule has 31 heavy (non-hydrogen) atoms. The smallest absolute Gasteiger partial charge is 0.319 e. The molecule has 13 heteroatoms. The SMILES string of the molecule is COc1nc(C)c(Nc2nc(Cl)cn(C(CCOS(C)(=O)=O)C3CC3)c2=O)c(OC)n1. The van der Waals surface area contributed by atoms with Crippen LogP contribution in [0.3, 0.4) is 0 Å². The molecule has 1 N–H and O–H groups in total. The lowest BCUT2D eigenvalue weighted by atomic mass is 10.1. The molecule has 1 atom stereocenters. The number of halogens is 1. The van der Waals surface area contributed by atoms with Crippen molar-refractivity contribution in [1.82, 2.24) is 19.5 Å². The second-order valence-corrected chi connectivity index (χ2v) is 9.18. The second kappa shape index (κ2) is 9.37. The van der Waals surface area contributed by atoms with Gasteiger partial charge < -0.3 is 19.4 Å². The molecular weight excluding hydrogens is 450 g/mol. The number of aryl methyl sites for hydroxylation is 1. The summed E-state index contributed by atoms with van der Waals surface area (Å²) in [7, 11) is -0.703. The Morgan fingerprint density at radius 3 is 2.55 bits per heavy atom. The Bertz CT molecular complexity index is 1120. The van der Waals surface area contributed by atoms with Crippen LogP contribution in [0.1, 0.15) is 31.0 Å². The molecule has 3 rings (SSSR count). The highest BCUT2D eigenvalue weighted by Gasteiger charge is 2.34. The minimum Gasteiger partial charge on any atom is -0.479 e. The molecule has 2 aromatic rings. The van der Waals surface area contributed by atoms with Crippen LogP contribution < -0.4 is 20.3 Å². The molecule has 0 aromatic carbocycles. The minimum atomic E-state index is -3.57. The van der Waals surface area contributed by atoms with Crippen LogP contribution in [0.15, 0.2) is 11.0 Å². The average Bonchev–Trinajstić information content (AvgIpc) is 3.53. The van der Waals surface area contributed by atoms with Crippen molar-refractivity contribution in [3.63, 3.8) is 0 Å². The third kappa shape index (κ3) is 5.83. The van der Waals surface area contributed by atoms with Gasteiger partial charge in [0.15, 0.2) is 5.82 Å². The molecule has 0 aliphatic heterocycles. The highest BCUT2D eigenvalue weighted by molar-refractivity contribution is 7.85. The van der Waals surface area contributed by atoms with Gasteiger partial charge in [0.05, 0.1) is 32.8 Å². The predicted molar refractivity (Wildman–Crippen MR) is 114 cm³/mol. The lowest BCUT2D eigenvalue weighted by molar-refractivity contribution is 0.269. The molecule has 1 saturated carbocycles. The number of nitrogens with zero attached hydrogens (tertiary/aromatic N) is 4. The first kappa shape index (κ1) is 23.2. The van der Waals surface area contributed by atoms with Crippen LogP contribution in [0.4, 0.5) is 11.5 Å². The van der Waals surface area contributed by atoms with Gasteiger partial charge in [-0.15, -0.1) is 0 Å². The summed E-state index contributed by atoms with van der Waals surface area (Å²) in [6, 6.07) is -0.151. The van der Waals surface area contributed by atoms with Crippen molar-refractivity contribution in [1.29, 1.82) is 0 Å². The third-order valence-corrected chi connectivity index (χ3v) is 5.57. The minimum absolute atomic E-state index is 0.0302. The molecule has 1 unspecified atom stereocenters. The standard InChI is InChI=1S/C18H24ClN5O6S/c1-10-14(16(28-2)23-18(20-10)29-3)22-15-17(25)24(9-13(19)21-15)12(11-5-6-11)7-8-30-31(4,26)27/h9,11-12H,5-8H2,1-4H3,(H,21,22). The molecule has 1 aliphatic rings. The Kier molecular flexibility index (Phi) is 7.02. The highest BCUT2D eigenvalue weighted by Crippen LogP contribution is 2.41. The molecule has 11 nitrogen and oxygen atoms in total. The zero-order valence-electron chi connectivity index (χ0n) is 17.6. The van der Waals surface area contributed by atoms with Crippen molar-refractivity contribution in [2.45, 2.75) is 32.2 Å². The summed E-state index contributed by atoms with van der Waals surface area (Å²) in [6.07, 6.45) is 4.64. The Hall–Kier alpha value is -2.44. The van der Waals surface area contributed by atoms with E-state index in [0.717, 1.165) is 19.1 Å². The van der Waals surface area contributed by atoms with E-state index < -0.39 is 15.7 Å². The topological polar surface area (TPSA) is 135 Å².